The Morgan fingerprint density at radius 2 is 0.541 bits per heavy atom. The molecule has 0 saturated carbocycles. The van der Waals surface area contributed by atoms with Crippen molar-refractivity contribution < 1.29 is 0 Å². The Bertz CT molecular complexity index is 3570. The van der Waals surface area contributed by atoms with Crippen molar-refractivity contribution >= 4 is 66.4 Å². The maximum absolute atomic E-state index is 2.49. The summed E-state index contributed by atoms with van der Waals surface area (Å²) in [7, 11) is 0. The summed E-state index contributed by atoms with van der Waals surface area (Å²) in [4.78, 5) is 4.98. The van der Waals surface area contributed by atoms with Crippen LogP contribution >= 0.6 is 0 Å². The van der Waals surface area contributed by atoms with Crippen molar-refractivity contribution in [1.82, 2.24) is 0 Å². The smallest absolute Gasteiger partial charge is 0.0540 e. The minimum absolute atomic E-state index is 0.977. The zero-order valence-electron chi connectivity index (χ0n) is 43.2. The van der Waals surface area contributed by atoms with Gasteiger partial charge in [0.2, 0.25) is 0 Å². The van der Waals surface area contributed by atoms with Crippen molar-refractivity contribution in [3.63, 3.8) is 0 Å². The monoisotopic (exact) mass is 952 g/mol. The maximum Gasteiger partial charge on any atom is 0.0540 e. The van der Waals surface area contributed by atoms with E-state index in [1.165, 1.54) is 110 Å². The number of hydrogen-bond acceptors (Lipinski definition) is 2. The van der Waals surface area contributed by atoms with Gasteiger partial charge in [0.05, 0.1) is 11.4 Å². The van der Waals surface area contributed by atoms with E-state index in [4.69, 9.17) is 0 Å². The van der Waals surface area contributed by atoms with Gasteiger partial charge in [0.1, 0.15) is 0 Å². The maximum atomic E-state index is 2.49. The Labute approximate surface area is 436 Å². The highest BCUT2D eigenvalue weighted by molar-refractivity contribution is 6.28. The van der Waals surface area contributed by atoms with Crippen LogP contribution in [0.25, 0.3) is 76.8 Å². The van der Waals surface area contributed by atoms with Crippen molar-refractivity contribution in [3.05, 3.63) is 264 Å². The number of nitrogens with zero attached hydrogens (tertiary/aromatic N) is 2. The fraction of sp³-hybridized carbons (Fsp3) is 0.111. The van der Waals surface area contributed by atoms with Gasteiger partial charge in [0, 0.05) is 33.5 Å². The lowest BCUT2D eigenvalue weighted by Crippen LogP contribution is -2.12. The molecule has 0 bridgehead atoms. The molecule has 0 fully saturated rings. The molecule has 12 aromatic carbocycles. The van der Waals surface area contributed by atoms with Crippen LogP contribution in [0.4, 0.5) is 34.1 Å². The third-order valence-corrected chi connectivity index (χ3v) is 15.2. The quantitative estimate of drug-likeness (QED) is 0.113. The van der Waals surface area contributed by atoms with Gasteiger partial charge in [0.15, 0.2) is 0 Å². The van der Waals surface area contributed by atoms with Crippen molar-refractivity contribution in [2.24, 2.45) is 0 Å². The third-order valence-electron chi connectivity index (χ3n) is 15.2. The molecule has 0 spiro atoms. The highest BCUT2D eigenvalue weighted by Crippen LogP contribution is 2.49. The summed E-state index contributed by atoms with van der Waals surface area (Å²) in [6, 6.07) is 87.1. The zero-order valence-corrected chi connectivity index (χ0v) is 43.2. The van der Waals surface area contributed by atoms with Crippen LogP contribution in [-0.2, 0) is 12.8 Å². The Morgan fingerprint density at radius 1 is 0.257 bits per heavy atom. The van der Waals surface area contributed by atoms with Crippen LogP contribution in [0.2, 0.25) is 0 Å². The average molecular weight is 953 g/mol. The van der Waals surface area contributed by atoms with Crippen molar-refractivity contribution in [3.8, 4) is 44.5 Å². The molecule has 0 aliphatic carbocycles. The van der Waals surface area contributed by atoms with Gasteiger partial charge in [-0.15, -0.1) is 0 Å². The van der Waals surface area contributed by atoms with Gasteiger partial charge < -0.3 is 9.80 Å². The summed E-state index contributed by atoms with van der Waals surface area (Å²) in [6.45, 7) is 13.1. The van der Waals surface area contributed by atoms with E-state index >= 15 is 0 Å². The molecule has 0 saturated heterocycles. The summed E-state index contributed by atoms with van der Waals surface area (Å²) < 4.78 is 0. The largest absolute Gasteiger partial charge is 0.310 e. The summed E-state index contributed by atoms with van der Waals surface area (Å²) in [6.07, 6.45) is 1.95. The Balaban J connectivity index is 1.10. The van der Waals surface area contributed by atoms with Gasteiger partial charge >= 0.3 is 0 Å². The molecule has 0 aliphatic rings. The van der Waals surface area contributed by atoms with E-state index in [1.807, 2.05) is 0 Å². The van der Waals surface area contributed by atoms with Gasteiger partial charge in [-0.1, -0.05) is 194 Å². The van der Waals surface area contributed by atoms with Gasteiger partial charge in [-0.3, -0.25) is 0 Å². The molecule has 74 heavy (non-hydrogen) atoms. The van der Waals surface area contributed by atoms with Crippen LogP contribution in [0.1, 0.15) is 47.2 Å². The van der Waals surface area contributed by atoms with Crippen LogP contribution in [0, 0.1) is 27.7 Å². The first kappa shape index (κ1) is 46.4. The first-order valence-corrected chi connectivity index (χ1v) is 26.2. The number of hydrogen-bond donors (Lipinski definition) is 0. The van der Waals surface area contributed by atoms with Crippen LogP contribution in [-0.4, -0.2) is 0 Å². The molecule has 0 aromatic heterocycles. The molecule has 0 N–H and O–H groups in total. The zero-order chi connectivity index (χ0) is 50.5. The van der Waals surface area contributed by atoms with E-state index in [-0.39, 0.29) is 0 Å². The summed E-state index contributed by atoms with van der Waals surface area (Å²) in [5.74, 6) is 0. The molecule has 12 rings (SSSR count). The molecule has 0 amide bonds. The van der Waals surface area contributed by atoms with Gasteiger partial charge in [-0.25, -0.2) is 0 Å². The van der Waals surface area contributed by atoms with E-state index in [0.717, 1.165) is 47.0 Å². The molecule has 2 heteroatoms. The topological polar surface area (TPSA) is 6.48 Å². The number of rotatable bonds is 12. The predicted molar refractivity (Wildman–Crippen MR) is 319 cm³/mol. The molecule has 0 aliphatic heterocycles. The second-order valence-corrected chi connectivity index (χ2v) is 20.3. The standard InChI is InChI=1S/C72H60N2/c1-7-51-17-33-63(34-18-51)73(65-43-59(53-21-9-47(3)10-22-53)41-60(44-65)54-23-11-48(4)12-24-54)69-39-31-57-30-38-68-70(40-32-58-29-37-67(69)71(57)72(58)68)74(64-35-19-52(8-2)20-36-64)66-45-61(55-25-13-49(5)14-26-55)42-62(46-66)56-27-15-50(6)16-28-56/h9-46H,7-8H2,1-6H3. The number of aryl methyl sites for hydroxylation is 6. The molecule has 2 nitrogen and oxygen atoms in total. The van der Waals surface area contributed by atoms with Crippen LogP contribution in [0.5, 0.6) is 0 Å². The summed E-state index contributed by atoms with van der Waals surface area (Å²) >= 11 is 0. The van der Waals surface area contributed by atoms with Crippen molar-refractivity contribution in [1.29, 1.82) is 0 Å². The fourth-order valence-corrected chi connectivity index (χ4v) is 10.9. The van der Waals surface area contributed by atoms with E-state index in [2.05, 4.69) is 282 Å². The third kappa shape index (κ3) is 8.77. The lowest BCUT2D eigenvalue weighted by atomic mass is 9.91. The van der Waals surface area contributed by atoms with Gasteiger partial charge in [-0.05, 0) is 191 Å². The Hall–Kier alpha value is -8.72. The van der Waals surface area contributed by atoms with Crippen LogP contribution in [0.3, 0.4) is 0 Å². The average Bonchev–Trinajstić information content (AvgIpc) is 3.44. The normalized spacial score (nSPS) is 11.5. The molecular weight excluding hydrogens is 893 g/mol. The summed E-state index contributed by atoms with van der Waals surface area (Å²) in [5, 5.41) is 7.37. The molecule has 12 aromatic rings. The first-order valence-electron chi connectivity index (χ1n) is 26.2. The molecule has 0 heterocycles. The SMILES string of the molecule is CCc1ccc(N(c2cc(-c3ccc(C)cc3)cc(-c3ccc(C)cc3)c2)c2ccc3ccc4c(N(c5ccc(CC)cc5)c5cc(-c6ccc(C)cc6)cc(-c6ccc(C)cc6)c5)ccc5ccc2c3c54)cc1. The molecule has 0 atom stereocenters. The Morgan fingerprint density at radius 3 is 0.824 bits per heavy atom. The molecule has 0 radical (unpaired) electrons. The molecule has 0 unspecified atom stereocenters. The highest BCUT2D eigenvalue weighted by Gasteiger charge is 2.24. The summed E-state index contributed by atoms with van der Waals surface area (Å²) in [5.41, 5.74) is 23.8. The number of anilines is 6. The fourth-order valence-electron chi connectivity index (χ4n) is 10.9. The second-order valence-electron chi connectivity index (χ2n) is 20.3. The number of benzene rings is 12. The van der Waals surface area contributed by atoms with E-state index in [9.17, 15) is 0 Å². The second kappa shape index (κ2) is 19.4. The predicted octanol–water partition coefficient (Wildman–Crippen LogP) is 20.6. The van der Waals surface area contributed by atoms with Crippen LogP contribution < -0.4 is 9.80 Å². The van der Waals surface area contributed by atoms with Crippen LogP contribution in [0.15, 0.2) is 231 Å². The lowest BCUT2D eigenvalue weighted by Gasteiger charge is -2.30. The highest BCUT2D eigenvalue weighted by atomic mass is 15.1. The molecular formula is C72H60N2. The minimum Gasteiger partial charge on any atom is -0.310 e. The minimum atomic E-state index is 0.977. The van der Waals surface area contributed by atoms with E-state index in [0.29, 0.717) is 0 Å². The lowest BCUT2D eigenvalue weighted by molar-refractivity contribution is 1.14. The van der Waals surface area contributed by atoms with Gasteiger partial charge in [-0.2, -0.15) is 0 Å². The van der Waals surface area contributed by atoms with Crippen molar-refractivity contribution in [2.75, 3.05) is 9.80 Å². The first-order chi connectivity index (χ1) is 36.2. The van der Waals surface area contributed by atoms with Gasteiger partial charge in [0.25, 0.3) is 0 Å². The van der Waals surface area contributed by atoms with Crippen molar-refractivity contribution in [2.45, 2.75) is 54.4 Å². The van der Waals surface area contributed by atoms with E-state index < -0.39 is 0 Å². The Kier molecular flexibility index (Phi) is 12.1. The van der Waals surface area contributed by atoms with E-state index in [1.54, 1.807) is 0 Å². The molecule has 358 valence electrons.